The minimum Gasteiger partial charge on any atom is -0.481 e. The summed E-state index contributed by atoms with van der Waals surface area (Å²) in [6, 6.07) is 2.54. The van der Waals surface area contributed by atoms with Crippen LogP contribution in [-0.2, 0) is 9.59 Å². The van der Waals surface area contributed by atoms with Crippen molar-refractivity contribution in [3.8, 4) is 0 Å². The third-order valence-electron chi connectivity index (χ3n) is 3.77. The molecule has 108 valence electrons. The average Bonchev–Trinajstić information content (AvgIpc) is 2.42. The zero-order valence-electron chi connectivity index (χ0n) is 11.1. The first-order chi connectivity index (χ1) is 9.52. The van der Waals surface area contributed by atoms with Gasteiger partial charge in [0.2, 0.25) is 11.9 Å². The van der Waals surface area contributed by atoms with E-state index in [0.29, 0.717) is 18.5 Å². The number of halogens is 1. The number of carboxylic acids is 1. The van der Waals surface area contributed by atoms with Gasteiger partial charge in [0, 0.05) is 6.42 Å². The highest BCUT2D eigenvalue weighted by Crippen LogP contribution is 2.39. The van der Waals surface area contributed by atoms with Crippen LogP contribution >= 0.6 is 0 Å². The Hall–Kier alpha value is -1.98. The number of rotatable bonds is 4. The average molecular weight is 280 g/mol. The van der Waals surface area contributed by atoms with Gasteiger partial charge in [-0.15, -0.1) is 0 Å². The van der Waals surface area contributed by atoms with Gasteiger partial charge < -0.3 is 10.4 Å². The van der Waals surface area contributed by atoms with Gasteiger partial charge in [0.05, 0.1) is 17.3 Å². The van der Waals surface area contributed by atoms with E-state index in [1.807, 2.05) is 0 Å². The monoisotopic (exact) mass is 280 g/mol. The van der Waals surface area contributed by atoms with Crippen LogP contribution in [0.15, 0.2) is 18.3 Å². The van der Waals surface area contributed by atoms with Crippen LogP contribution in [-0.4, -0.2) is 22.0 Å². The molecule has 0 spiro atoms. The highest BCUT2D eigenvalue weighted by molar-refractivity contribution is 5.94. The summed E-state index contributed by atoms with van der Waals surface area (Å²) in [5, 5.41) is 12.0. The number of aliphatic carboxylic acids is 1. The highest BCUT2D eigenvalue weighted by atomic mass is 19.1. The highest BCUT2D eigenvalue weighted by Gasteiger charge is 2.41. The third kappa shape index (κ3) is 3.31. The van der Waals surface area contributed by atoms with Crippen LogP contribution in [0, 0.1) is 11.4 Å². The lowest BCUT2D eigenvalue weighted by molar-refractivity contribution is -0.153. The van der Waals surface area contributed by atoms with E-state index in [2.05, 4.69) is 10.3 Å². The summed E-state index contributed by atoms with van der Waals surface area (Å²) in [4.78, 5) is 26.9. The van der Waals surface area contributed by atoms with E-state index in [1.165, 1.54) is 12.3 Å². The number of amides is 1. The molecule has 1 amide bonds. The normalized spacial score (nSPS) is 17.4. The number of carbonyl (C=O) groups excluding carboxylic acids is 1. The molecule has 0 unspecified atom stereocenters. The molecule has 1 fully saturated rings. The van der Waals surface area contributed by atoms with E-state index >= 15 is 0 Å². The summed E-state index contributed by atoms with van der Waals surface area (Å²) >= 11 is 0. The largest absolute Gasteiger partial charge is 0.481 e. The maximum absolute atomic E-state index is 12.7. The molecule has 20 heavy (non-hydrogen) atoms. The van der Waals surface area contributed by atoms with Crippen LogP contribution in [0.5, 0.6) is 0 Å². The van der Waals surface area contributed by atoms with Gasteiger partial charge in [0.25, 0.3) is 0 Å². The van der Waals surface area contributed by atoms with Crippen molar-refractivity contribution in [3.63, 3.8) is 0 Å². The maximum Gasteiger partial charge on any atom is 0.310 e. The molecule has 2 rings (SSSR count). The van der Waals surface area contributed by atoms with Crippen LogP contribution in [0.25, 0.3) is 0 Å². The maximum atomic E-state index is 12.7. The predicted octanol–water partition coefficient (Wildman–Crippen LogP) is 2.58. The number of carbonyl (C=O) groups is 2. The number of pyridine rings is 1. The van der Waals surface area contributed by atoms with Crippen molar-refractivity contribution in [2.45, 2.75) is 38.5 Å². The van der Waals surface area contributed by atoms with Gasteiger partial charge in [0.1, 0.15) is 0 Å². The number of anilines is 1. The summed E-state index contributed by atoms with van der Waals surface area (Å²) in [7, 11) is 0. The fourth-order valence-corrected chi connectivity index (χ4v) is 2.66. The Bertz CT molecular complexity index is 496. The molecule has 1 aromatic heterocycles. The lowest BCUT2D eigenvalue weighted by Crippen LogP contribution is -2.37. The van der Waals surface area contributed by atoms with Gasteiger partial charge in [-0.05, 0) is 25.0 Å². The van der Waals surface area contributed by atoms with Crippen molar-refractivity contribution >= 4 is 17.6 Å². The van der Waals surface area contributed by atoms with Gasteiger partial charge in [0.15, 0.2) is 0 Å². The predicted molar refractivity (Wildman–Crippen MR) is 70.6 cm³/mol. The van der Waals surface area contributed by atoms with Crippen LogP contribution in [0.2, 0.25) is 0 Å². The molecule has 0 radical (unpaired) electrons. The first kappa shape index (κ1) is 14.4. The van der Waals surface area contributed by atoms with Crippen LogP contribution < -0.4 is 5.32 Å². The number of aromatic nitrogens is 1. The first-order valence-corrected chi connectivity index (χ1v) is 6.67. The van der Waals surface area contributed by atoms with Crippen LogP contribution in [0.1, 0.15) is 38.5 Å². The number of carboxylic acid groups (broad SMARTS) is 1. The minimum atomic E-state index is -0.963. The zero-order chi connectivity index (χ0) is 14.6. The van der Waals surface area contributed by atoms with Gasteiger partial charge in [-0.1, -0.05) is 19.3 Å². The Morgan fingerprint density at radius 3 is 2.55 bits per heavy atom. The number of hydrogen-bond donors (Lipinski definition) is 2. The van der Waals surface area contributed by atoms with E-state index in [9.17, 15) is 19.1 Å². The minimum absolute atomic E-state index is 0.0558. The fourth-order valence-electron chi connectivity index (χ4n) is 2.66. The second kappa shape index (κ2) is 5.98. The van der Waals surface area contributed by atoms with Crippen molar-refractivity contribution in [3.05, 3.63) is 24.3 Å². The van der Waals surface area contributed by atoms with E-state index in [0.717, 1.165) is 25.3 Å². The van der Waals surface area contributed by atoms with Crippen molar-refractivity contribution in [2.75, 3.05) is 5.32 Å². The Labute approximate surface area is 116 Å². The quantitative estimate of drug-likeness (QED) is 0.831. The van der Waals surface area contributed by atoms with E-state index < -0.39 is 17.3 Å². The second-order valence-electron chi connectivity index (χ2n) is 5.24. The van der Waals surface area contributed by atoms with Crippen molar-refractivity contribution in [1.29, 1.82) is 0 Å². The molecular weight excluding hydrogens is 263 g/mol. The van der Waals surface area contributed by atoms with Crippen molar-refractivity contribution in [1.82, 2.24) is 4.98 Å². The van der Waals surface area contributed by atoms with Crippen LogP contribution in [0.3, 0.4) is 0 Å². The summed E-state index contributed by atoms with van der Waals surface area (Å²) in [5.74, 6) is -1.91. The summed E-state index contributed by atoms with van der Waals surface area (Å²) in [6.45, 7) is 0. The van der Waals surface area contributed by atoms with Gasteiger partial charge in [-0.3, -0.25) is 9.59 Å². The lowest BCUT2D eigenvalue weighted by Gasteiger charge is -2.32. The molecule has 0 bridgehead atoms. The molecule has 2 N–H and O–H groups in total. The van der Waals surface area contributed by atoms with E-state index in [4.69, 9.17) is 0 Å². The first-order valence-electron chi connectivity index (χ1n) is 6.67. The van der Waals surface area contributed by atoms with Crippen molar-refractivity contribution in [2.24, 2.45) is 5.41 Å². The molecular formula is C14H17FN2O3. The zero-order valence-corrected chi connectivity index (χ0v) is 11.1. The van der Waals surface area contributed by atoms with Crippen LogP contribution in [0.4, 0.5) is 10.1 Å². The Morgan fingerprint density at radius 2 is 2.00 bits per heavy atom. The molecule has 1 aromatic rings. The standard InChI is InChI=1S/C14H17FN2O3/c15-11-5-4-10(9-16-11)17-12(18)8-14(13(19)20)6-2-1-3-7-14/h4-5,9H,1-3,6-8H2,(H,17,18)(H,19,20). The molecule has 0 saturated heterocycles. The summed E-state index contributed by atoms with van der Waals surface area (Å²) in [6.07, 6.45) is 4.88. The van der Waals surface area contributed by atoms with Gasteiger partial charge in [-0.2, -0.15) is 4.39 Å². The molecule has 1 aliphatic rings. The Balaban J connectivity index is 2.01. The summed E-state index contributed by atoms with van der Waals surface area (Å²) in [5.41, 5.74) is -0.594. The number of nitrogens with zero attached hydrogens (tertiary/aromatic N) is 1. The molecule has 5 nitrogen and oxygen atoms in total. The molecule has 0 atom stereocenters. The molecule has 1 saturated carbocycles. The number of hydrogen-bond acceptors (Lipinski definition) is 3. The molecule has 0 aromatic carbocycles. The van der Waals surface area contributed by atoms with Crippen molar-refractivity contribution < 1.29 is 19.1 Å². The molecule has 1 heterocycles. The Kier molecular flexibility index (Phi) is 4.32. The Morgan fingerprint density at radius 1 is 1.30 bits per heavy atom. The van der Waals surface area contributed by atoms with E-state index in [-0.39, 0.29) is 12.3 Å². The summed E-state index contributed by atoms with van der Waals surface area (Å²) < 4.78 is 12.7. The second-order valence-corrected chi connectivity index (χ2v) is 5.24. The fraction of sp³-hybridized carbons (Fsp3) is 0.500. The van der Waals surface area contributed by atoms with Gasteiger partial charge in [-0.25, -0.2) is 4.98 Å². The topological polar surface area (TPSA) is 79.3 Å². The molecule has 1 aliphatic carbocycles. The third-order valence-corrected chi connectivity index (χ3v) is 3.77. The number of nitrogens with one attached hydrogen (secondary N) is 1. The lowest BCUT2D eigenvalue weighted by atomic mass is 9.71. The smallest absolute Gasteiger partial charge is 0.310 e. The van der Waals surface area contributed by atoms with Gasteiger partial charge >= 0.3 is 5.97 Å². The van der Waals surface area contributed by atoms with E-state index in [1.54, 1.807) is 0 Å². The SMILES string of the molecule is O=C(CC1(C(=O)O)CCCCC1)Nc1ccc(F)nc1. The molecule has 0 aliphatic heterocycles. The molecule has 6 heteroatoms.